The van der Waals surface area contributed by atoms with Crippen LogP contribution < -0.4 is 0 Å². The Kier molecular flexibility index (Phi) is 2.07. The molecule has 0 aliphatic carbocycles. The summed E-state index contributed by atoms with van der Waals surface area (Å²) < 4.78 is 0. The molecule has 1 aromatic heterocycles. The SMILES string of the molecule is N#Cc1ccc2[nH]cc(C(=O)C=O)c2c1. The van der Waals surface area contributed by atoms with Gasteiger partial charge >= 0.3 is 0 Å². The Bertz CT molecular complexity index is 590. The summed E-state index contributed by atoms with van der Waals surface area (Å²) in [6.07, 6.45) is 1.74. The van der Waals surface area contributed by atoms with Gasteiger partial charge in [-0.3, -0.25) is 9.59 Å². The molecule has 0 bridgehead atoms. The first-order valence-electron chi connectivity index (χ1n) is 4.27. The van der Waals surface area contributed by atoms with E-state index in [1.54, 1.807) is 18.2 Å². The predicted octanol–water partition coefficient (Wildman–Crippen LogP) is 1.42. The van der Waals surface area contributed by atoms with Crippen molar-refractivity contribution >= 4 is 23.0 Å². The number of hydrogen-bond donors (Lipinski definition) is 1. The van der Waals surface area contributed by atoms with Gasteiger partial charge in [0.1, 0.15) is 0 Å². The minimum Gasteiger partial charge on any atom is -0.360 e. The van der Waals surface area contributed by atoms with Gasteiger partial charge in [0, 0.05) is 17.1 Å². The monoisotopic (exact) mass is 198 g/mol. The molecule has 0 saturated heterocycles. The third kappa shape index (κ3) is 1.40. The average molecular weight is 198 g/mol. The van der Waals surface area contributed by atoms with Crippen LogP contribution in [0.15, 0.2) is 24.4 Å². The van der Waals surface area contributed by atoms with Crippen molar-refractivity contribution in [2.24, 2.45) is 0 Å². The summed E-state index contributed by atoms with van der Waals surface area (Å²) in [5.41, 5.74) is 1.50. The normalized spacial score (nSPS) is 9.80. The van der Waals surface area contributed by atoms with Crippen LogP contribution in [0.5, 0.6) is 0 Å². The zero-order valence-electron chi connectivity index (χ0n) is 7.65. The molecular weight excluding hydrogens is 192 g/mol. The van der Waals surface area contributed by atoms with Gasteiger partial charge in [0.15, 0.2) is 6.29 Å². The Morgan fingerprint density at radius 1 is 1.47 bits per heavy atom. The third-order valence-corrected chi connectivity index (χ3v) is 2.18. The summed E-state index contributed by atoms with van der Waals surface area (Å²) >= 11 is 0. The van der Waals surface area contributed by atoms with E-state index in [2.05, 4.69) is 4.98 Å². The zero-order chi connectivity index (χ0) is 10.8. The summed E-state index contributed by atoms with van der Waals surface area (Å²) in [6.45, 7) is 0. The summed E-state index contributed by atoms with van der Waals surface area (Å²) in [5, 5.41) is 9.31. The predicted molar refractivity (Wildman–Crippen MR) is 53.4 cm³/mol. The van der Waals surface area contributed by atoms with Gasteiger partial charge in [-0.1, -0.05) is 0 Å². The lowest BCUT2D eigenvalue weighted by Crippen LogP contribution is -1.97. The molecular formula is C11H6N2O2. The number of fused-ring (bicyclic) bond motifs is 1. The first-order chi connectivity index (χ1) is 7.26. The molecule has 1 heterocycles. The molecule has 0 spiro atoms. The van der Waals surface area contributed by atoms with Crippen molar-refractivity contribution in [2.45, 2.75) is 0 Å². The number of aldehydes is 1. The number of rotatable bonds is 2. The number of nitrogens with zero attached hydrogens (tertiary/aromatic N) is 1. The minimum absolute atomic E-state index is 0.266. The van der Waals surface area contributed by atoms with Crippen LogP contribution in [-0.2, 0) is 4.79 Å². The molecule has 4 heteroatoms. The number of aromatic nitrogens is 1. The largest absolute Gasteiger partial charge is 0.360 e. The van der Waals surface area contributed by atoms with Crippen molar-refractivity contribution in [3.63, 3.8) is 0 Å². The summed E-state index contributed by atoms with van der Waals surface area (Å²) in [6, 6.07) is 6.92. The van der Waals surface area contributed by atoms with Gasteiger partial charge < -0.3 is 4.98 Å². The molecule has 15 heavy (non-hydrogen) atoms. The quantitative estimate of drug-likeness (QED) is 0.450. The number of Topliss-reactive ketones (excluding diaryl/α,β-unsaturated/α-hetero) is 1. The van der Waals surface area contributed by atoms with Gasteiger partial charge in [-0.05, 0) is 18.2 Å². The van der Waals surface area contributed by atoms with E-state index in [1.165, 1.54) is 6.20 Å². The lowest BCUT2D eigenvalue weighted by Gasteiger charge is -1.93. The summed E-state index contributed by atoms with van der Waals surface area (Å²) in [4.78, 5) is 24.5. The van der Waals surface area contributed by atoms with Crippen molar-refractivity contribution in [3.05, 3.63) is 35.5 Å². The molecule has 0 fully saturated rings. The Morgan fingerprint density at radius 2 is 2.27 bits per heavy atom. The maximum absolute atomic E-state index is 11.2. The number of carbonyl (C=O) groups excluding carboxylic acids is 2. The van der Waals surface area contributed by atoms with Crippen molar-refractivity contribution in [2.75, 3.05) is 0 Å². The zero-order valence-corrected chi connectivity index (χ0v) is 7.65. The Hall–Kier alpha value is -2.41. The van der Waals surface area contributed by atoms with Crippen LogP contribution in [0.25, 0.3) is 10.9 Å². The molecule has 0 unspecified atom stereocenters. The number of ketones is 1. The third-order valence-electron chi connectivity index (χ3n) is 2.18. The Balaban J connectivity index is 2.72. The second kappa shape index (κ2) is 3.39. The molecule has 0 atom stereocenters. The van der Waals surface area contributed by atoms with Crippen LogP contribution in [0.1, 0.15) is 15.9 Å². The van der Waals surface area contributed by atoms with E-state index in [9.17, 15) is 9.59 Å². The molecule has 0 radical (unpaired) electrons. The maximum Gasteiger partial charge on any atom is 0.227 e. The number of benzene rings is 1. The molecule has 72 valence electrons. The number of hydrogen-bond acceptors (Lipinski definition) is 3. The second-order valence-corrected chi connectivity index (χ2v) is 3.06. The van der Waals surface area contributed by atoms with Gasteiger partial charge in [-0.2, -0.15) is 5.26 Å². The molecule has 1 N–H and O–H groups in total. The molecule has 4 nitrogen and oxygen atoms in total. The van der Waals surface area contributed by atoms with Gasteiger partial charge in [0.25, 0.3) is 0 Å². The fraction of sp³-hybridized carbons (Fsp3) is 0. The number of carbonyl (C=O) groups is 2. The van der Waals surface area contributed by atoms with Gasteiger partial charge in [0.05, 0.1) is 17.2 Å². The topological polar surface area (TPSA) is 73.7 Å². The van der Waals surface area contributed by atoms with Crippen LogP contribution in [0, 0.1) is 11.3 Å². The molecule has 0 aliphatic heterocycles. The van der Waals surface area contributed by atoms with E-state index in [0.29, 0.717) is 16.5 Å². The van der Waals surface area contributed by atoms with E-state index in [1.807, 2.05) is 6.07 Å². The molecule has 0 aliphatic rings. The highest BCUT2D eigenvalue weighted by molar-refractivity contribution is 6.36. The van der Waals surface area contributed by atoms with E-state index >= 15 is 0 Å². The molecule has 2 rings (SSSR count). The van der Waals surface area contributed by atoms with Crippen LogP contribution in [0.4, 0.5) is 0 Å². The highest BCUT2D eigenvalue weighted by Crippen LogP contribution is 2.19. The van der Waals surface area contributed by atoms with Crippen molar-refractivity contribution in [1.82, 2.24) is 4.98 Å². The fourth-order valence-electron chi connectivity index (χ4n) is 1.46. The van der Waals surface area contributed by atoms with Gasteiger partial charge in [-0.25, -0.2) is 0 Å². The second-order valence-electron chi connectivity index (χ2n) is 3.06. The highest BCUT2D eigenvalue weighted by atomic mass is 16.2. The van der Waals surface area contributed by atoms with Crippen LogP contribution in [0.2, 0.25) is 0 Å². The van der Waals surface area contributed by atoms with E-state index in [0.717, 1.165) is 5.52 Å². The van der Waals surface area contributed by atoms with E-state index < -0.39 is 5.78 Å². The van der Waals surface area contributed by atoms with E-state index in [4.69, 9.17) is 5.26 Å². The van der Waals surface area contributed by atoms with Crippen LogP contribution in [0.3, 0.4) is 0 Å². The number of aromatic amines is 1. The van der Waals surface area contributed by atoms with Gasteiger partial charge in [0.2, 0.25) is 5.78 Å². The standard InChI is InChI=1S/C11H6N2O2/c12-4-7-1-2-10-8(3-7)9(5-13-10)11(15)6-14/h1-3,5-6,13H. The highest BCUT2D eigenvalue weighted by Gasteiger charge is 2.10. The molecule has 0 saturated carbocycles. The lowest BCUT2D eigenvalue weighted by molar-refractivity contribution is -0.104. The molecule has 0 amide bonds. The van der Waals surface area contributed by atoms with Crippen LogP contribution in [-0.4, -0.2) is 17.1 Å². The number of H-pyrrole nitrogens is 1. The van der Waals surface area contributed by atoms with E-state index in [-0.39, 0.29) is 6.29 Å². The fourth-order valence-corrected chi connectivity index (χ4v) is 1.46. The van der Waals surface area contributed by atoms with Crippen molar-refractivity contribution in [1.29, 1.82) is 5.26 Å². The number of nitriles is 1. The van der Waals surface area contributed by atoms with Crippen molar-refractivity contribution < 1.29 is 9.59 Å². The smallest absolute Gasteiger partial charge is 0.227 e. The molecule has 2 aromatic rings. The Labute approximate surface area is 85.1 Å². The average Bonchev–Trinajstić information content (AvgIpc) is 2.70. The summed E-state index contributed by atoms with van der Waals surface area (Å²) in [5.74, 6) is -0.587. The van der Waals surface area contributed by atoms with Crippen LogP contribution >= 0.6 is 0 Å². The first-order valence-corrected chi connectivity index (χ1v) is 4.27. The summed E-state index contributed by atoms with van der Waals surface area (Å²) in [7, 11) is 0. The number of nitrogens with one attached hydrogen (secondary N) is 1. The first kappa shape index (κ1) is 9.16. The maximum atomic E-state index is 11.2. The lowest BCUT2D eigenvalue weighted by atomic mass is 10.1. The van der Waals surface area contributed by atoms with Crippen molar-refractivity contribution in [3.8, 4) is 6.07 Å². The Morgan fingerprint density at radius 3 is 2.93 bits per heavy atom. The minimum atomic E-state index is -0.587. The molecule has 1 aromatic carbocycles. The van der Waals surface area contributed by atoms with Gasteiger partial charge in [-0.15, -0.1) is 0 Å².